The summed E-state index contributed by atoms with van der Waals surface area (Å²) in [7, 11) is 0. The van der Waals surface area contributed by atoms with Gasteiger partial charge in [0.1, 0.15) is 5.69 Å². The highest BCUT2D eigenvalue weighted by Crippen LogP contribution is 2.25. The number of hydrogen-bond donors (Lipinski definition) is 1. The van der Waals surface area contributed by atoms with E-state index in [1.807, 2.05) is 0 Å². The van der Waals surface area contributed by atoms with Crippen LogP contribution in [0, 0.1) is 5.92 Å². The topological polar surface area (TPSA) is 42.0 Å². The molecule has 0 spiro atoms. The van der Waals surface area contributed by atoms with Crippen LogP contribution in [0.15, 0.2) is 18.3 Å². The maximum absolute atomic E-state index is 11.9. The zero-order valence-electron chi connectivity index (χ0n) is 9.24. The summed E-state index contributed by atoms with van der Waals surface area (Å²) in [5.74, 6) is 0.435. The monoisotopic (exact) mass is 238 g/mol. The summed E-state index contributed by atoms with van der Waals surface area (Å²) in [6, 6.07) is 3.54. The summed E-state index contributed by atoms with van der Waals surface area (Å²) in [6.07, 6.45) is 4.99. The van der Waals surface area contributed by atoms with Gasteiger partial charge in [-0.25, -0.2) is 0 Å². The summed E-state index contributed by atoms with van der Waals surface area (Å²) in [6.45, 7) is 2.17. The summed E-state index contributed by atoms with van der Waals surface area (Å²) >= 11 is 5.81. The molecular weight excluding hydrogens is 224 g/mol. The van der Waals surface area contributed by atoms with Gasteiger partial charge in [0.05, 0.1) is 0 Å². The summed E-state index contributed by atoms with van der Waals surface area (Å²) in [5.41, 5.74) is 0.395. The number of hydrogen-bond acceptors (Lipinski definition) is 2. The lowest BCUT2D eigenvalue weighted by Gasteiger charge is -2.16. The van der Waals surface area contributed by atoms with Crippen molar-refractivity contribution < 1.29 is 4.79 Å². The molecule has 16 heavy (non-hydrogen) atoms. The van der Waals surface area contributed by atoms with Gasteiger partial charge in [0.25, 0.3) is 5.91 Å². The third kappa shape index (κ3) is 2.53. The lowest BCUT2D eigenvalue weighted by Crippen LogP contribution is -2.36. The van der Waals surface area contributed by atoms with Gasteiger partial charge in [-0.05, 0) is 30.9 Å². The van der Waals surface area contributed by atoms with E-state index in [1.54, 1.807) is 18.3 Å². The Hall–Kier alpha value is -1.09. The molecule has 0 radical (unpaired) electrons. The van der Waals surface area contributed by atoms with E-state index in [1.165, 1.54) is 12.8 Å². The molecule has 2 atom stereocenters. The number of rotatable bonds is 2. The number of amides is 1. The first-order valence-electron chi connectivity index (χ1n) is 5.59. The summed E-state index contributed by atoms with van der Waals surface area (Å²) < 4.78 is 0. The van der Waals surface area contributed by atoms with Gasteiger partial charge in [0.15, 0.2) is 0 Å². The molecule has 2 rings (SSSR count). The molecule has 1 N–H and O–H groups in total. The average molecular weight is 239 g/mol. The highest BCUT2D eigenvalue weighted by molar-refractivity contribution is 6.30. The molecule has 1 aromatic rings. The van der Waals surface area contributed by atoms with Gasteiger partial charge in [0, 0.05) is 17.3 Å². The van der Waals surface area contributed by atoms with Crippen molar-refractivity contribution in [1.82, 2.24) is 10.3 Å². The number of halogens is 1. The predicted octanol–water partition coefficient (Wildman–Crippen LogP) is 2.65. The van der Waals surface area contributed by atoms with E-state index < -0.39 is 0 Å². The minimum absolute atomic E-state index is 0.124. The number of nitrogens with zero attached hydrogens (tertiary/aromatic N) is 1. The van der Waals surface area contributed by atoms with E-state index in [9.17, 15) is 4.79 Å². The number of carbonyl (C=O) groups excluding carboxylic acids is 1. The van der Waals surface area contributed by atoms with Gasteiger partial charge < -0.3 is 5.32 Å². The molecule has 86 valence electrons. The van der Waals surface area contributed by atoms with Gasteiger partial charge in [-0.3, -0.25) is 9.78 Å². The molecule has 1 aliphatic carbocycles. The first-order valence-corrected chi connectivity index (χ1v) is 5.97. The molecule has 2 unspecified atom stereocenters. The highest BCUT2D eigenvalue weighted by Gasteiger charge is 2.25. The van der Waals surface area contributed by atoms with Gasteiger partial charge >= 0.3 is 0 Å². The van der Waals surface area contributed by atoms with Crippen LogP contribution in [-0.4, -0.2) is 16.9 Å². The van der Waals surface area contributed by atoms with Crippen LogP contribution in [0.1, 0.15) is 36.7 Å². The van der Waals surface area contributed by atoms with Crippen LogP contribution in [0.2, 0.25) is 5.02 Å². The predicted molar refractivity (Wildman–Crippen MR) is 63.5 cm³/mol. The molecule has 1 aliphatic rings. The molecule has 3 nitrogen and oxygen atoms in total. The van der Waals surface area contributed by atoms with Gasteiger partial charge in [0.2, 0.25) is 0 Å². The van der Waals surface area contributed by atoms with Gasteiger partial charge in [-0.15, -0.1) is 0 Å². The Morgan fingerprint density at radius 3 is 3.00 bits per heavy atom. The number of aromatic nitrogens is 1. The van der Waals surface area contributed by atoms with Crippen molar-refractivity contribution in [2.24, 2.45) is 5.92 Å². The van der Waals surface area contributed by atoms with E-state index >= 15 is 0 Å². The Morgan fingerprint density at radius 1 is 1.56 bits per heavy atom. The van der Waals surface area contributed by atoms with E-state index in [4.69, 9.17) is 11.6 Å². The number of pyridine rings is 1. The van der Waals surface area contributed by atoms with Crippen molar-refractivity contribution in [3.8, 4) is 0 Å². The van der Waals surface area contributed by atoms with Crippen LogP contribution in [0.4, 0.5) is 0 Å². The zero-order chi connectivity index (χ0) is 11.5. The Morgan fingerprint density at radius 2 is 2.38 bits per heavy atom. The molecule has 1 heterocycles. The summed E-state index contributed by atoms with van der Waals surface area (Å²) in [4.78, 5) is 15.9. The fourth-order valence-electron chi connectivity index (χ4n) is 2.13. The van der Waals surface area contributed by atoms with Crippen LogP contribution in [0.3, 0.4) is 0 Å². The third-order valence-electron chi connectivity index (χ3n) is 3.13. The van der Waals surface area contributed by atoms with E-state index in [2.05, 4.69) is 17.2 Å². The van der Waals surface area contributed by atoms with Gasteiger partial charge in [-0.1, -0.05) is 24.9 Å². The van der Waals surface area contributed by atoms with Crippen LogP contribution >= 0.6 is 11.6 Å². The van der Waals surface area contributed by atoms with Crippen molar-refractivity contribution >= 4 is 17.5 Å². The van der Waals surface area contributed by atoms with E-state index in [0.717, 1.165) is 6.42 Å². The SMILES string of the molecule is CC1CCCC1NC(=O)c1cc(Cl)ccn1. The molecule has 0 aliphatic heterocycles. The fraction of sp³-hybridized carbons (Fsp3) is 0.500. The Labute approximate surface area is 100 Å². The van der Waals surface area contributed by atoms with Crippen LogP contribution < -0.4 is 5.32 Å². The van der Waals surface area contributed by atoms with Gasteiger partial charge in [-0.2, -0.15) is 0 Å². The molecule has 1 amide bonds. The van der Waals surface area contributed by atoms with Crippen molar-refractivity contribution in [1.29, 1.82) is 0 Å². The Balaban J connectivity index is 2.03. The van der Waals surface area contributed by atoms with Crippen LogP contribution in [-0.2, 0) is 0 Å². The summed E-state index contributed by atoms with van der Waals surface area (Å²) in [5, 5.41) is 3.55. The van der Waals surface area contributed by atoms with E-state index in [-0.39, 0.29) is 11.9 Å². The first-order chi connectivity index (χ1) is 7.66. The standard InChI is InChI=1S/C12H15ClN2O/c1-8-3-2-4-10(8)15-12(16)11-7-9(13)5-6-14-11/h5-8,10H,2-4H2,1H3,(H,15,16). The largest absolute Gasteiger partial charge is 0.348 e. The van der Waals surface area contributed by atoms with Crippen molar-refractivity contribution in [2.45, 2.75) is 32.2 Å². The number of carbonyl (C=O) groups is 1. The zero-order valence-corrected chi connectivity index (χ0v) is 10.00. The molecule has 1 saturated carbocycles. The lowest BCUT2D eigenvalue weighted by atomic mass is 10.1. The second-order valence-corrected chi connectivity index (χ2v) is 4.78. The van der Waals surface area contributed by atoms with Crippen molar-refractivity contribution in [3.05, 3.63) is 29.0 Å². The number of nitrogens with one attached hydrogen (secondary N) is 1. The molecule has 4 heteroatoms. The molecule has 1 aromatic heterocycles. The molecule has 0 aromatic carbocycles. The Bertz CT molecular complexity index is 394. The van der Waals surface area contributed by atoms with Crippen LogP contribution in [0.25, 0.3) is 0 Å². The highest BCUT2D eigenvalue weighted by atomic mass is 35.5. The maximum atomic E-state index is 11.9. The second kappa shape index (κ2) is 4.83. The molecule has 0 bridgehead atoms. The lowest BCUT2D eigenvalue weighted by molar-refractivity contribution is 0.0924. The maximum Gasteiger partial charge on any atom is 0.270 e. The minimum atomic E-state index is -0.124. The van der Waals surface area contributed by atoms with E-state index in [0.29, 0.717) is 16.6 Å². The average Bonchev–Trinajstić information content (AvgIpc) is 2.64. The van der Waals surface area contributed by atoms with Crippen LogP contribution in [0.5, 0.6) is 0 Å². The fourth-order valence-corrected chi connectivity index (χ4v) is 2.29. The first kappa shape index (κ1) is 11.4. The Kier molecular flexibility index (Phi) is 3.44. The minimum Gasteiger partial charge on any atom is -0.348 e. The molecule has 0 saturated heterocycles. The molecule has 1 fully saturated rings. The smallest absolute Gasteiger partial charge is 0.270 e. The third-order valence-corrected chi connectivity index (χ3v) is 3.37. The second-order valence-electron chi connectivity index (χ2n) is 4.35. The normalized spacial score (nSPS) is 24.4. The quantitative estimate of drug-likeness (QED) is 0.861. The molecular formula is C12H15ClN2O. The van der Waals surface area contributed by atoms with Crippen molar-refractivity contribution in [2.75, 3.05) is 0 Å². The van der Waals surface area contributed by atoms with Crippen molar-refractivity contribution in [3.63, 3.8) is 0 Å².